The van der Waals surface area contributed by atoms with E-state index in [0.29, 0.717) is 0 Å². The molecule has 0 spiro atoms. The Morgan fingerprint density at radius 1 is 0.650 bits per heavy atom. The molecule has 0 atom stereocenters. The van der Waals surface area contributed by atoms with Crippen LogP contribution in [0.5, 0.6) is 0 Å². The van der Waals surface area contributed by atoms with Crippen molar-refractivity contribution in [3.05, 3.63) is 12.2 Å². The molecule has 0 amide bonds. The molecule has 0 bridgehead atoms. The molecule has 0 unspecified atom stereocenters. The number of carbonyl (C=O) groups excluding carboxylic acids is 2. The topological polar surface area (TPSA) is 59.1 Å². The Kier molecular flexibility index (Phi) is 6.01. The molecule has 0 aromatic carbocycles. The fourth-order valence-electron chi connectivity index (χ4n) is 2.36. The van der Waals surface area contributed by atoms with Crippen LogP contribution in [0.4, 0.5) is 0 Å². The van der Waals surface area contributed by atoms with Gasteiger partial charge in [-0.3, -0.25) is 0 Å². The van der Waals surface area contributed by atoms with Gasteiger partial charge in [-0.1, -0.05) is 12.8 Å². The number of hydroxylamine groups is 4. The molecule has 20 heavy (non-hydrogen) atoms. The minimum Gasteiger partial charge on any atom is -0.364 e. The lowest BCUT2D eigenvalue weighted by Gasteiger charge is -2.24. The van der Waals surface area contributed by atoms with Crippen LogP contribution >= 0.6 is 0 Å². The summed E-state index contributed by atoms with van der Waals surface area (Å²) in [5.41, 5.74) is 0. The van der Waals surface area contributed by atoms with Crippen LogP contribution in [0.3, 0.4) is 0 Å². The van der Waals surface area contributed by atoms with E-state index in [1.807, 2.05) is 0 Å². The average Bonchev–Trinajstić information content (AvgIpc) is 2.47. The van der Waals surface area contributed by atoms with Crippen molar-refractivity contribution in [3.63, 3.8) is 0 Å². The van der Waals surface area contributed by atoms with Crippen molar-refractivity contribution in [2.75, 3.05) is 26.2 Å². The van der Waals surface area contributed by atoms with E-state index in [-0.39, 0.29) is 0 Å². The van der Waals surface area contributed by atoms with Crippen LogP contribution in [0.25, 0.3) is 0 Å². The summed E-state index contributed by atoms with van der Waals surface area (Å²) in [6.07, 6.45) is 8.74. The van der Waals surface area contributed by atoms with Crippen LogP contribution in [0.2, 0.25) is 0 Å². The number of piperidine rings is 2. The van der Waals surface area contributed by atoms with Crippen LogP contribution in [0.1, 0.15) is 38.5 Å². The summed E-state index contributed by atoms with van der Waals surface area (Å²) < 4.78 is 0. The SMILES string of the molecule is O=C(/C=C/C(=O)ON1CCCCC1)ON1CCCCC1. The van der Waals surface area contributed by atoms with Crippen LogP contribution < -0.4 is 0 Å². The minimum absolute atomic E-state index is 0.525. The molecule has 6 nitrogen and oxygen atoms in total. The molecule has 2 rings (SSSR count). The molecule has 0 aromatic heterocycles. The van der Waals surface area contributed by atoms with E-state index in [1.165, 1.54) is 12.8 Å². The third-order valence-electron chi connectivity index (χ3n) is 3.42. The van der Waals surface area contributed by atoms with Gasteiger partial charge in [0.15, 0.2) is 0 Å². The molecule has 2 heterocycles. The summed E-state index contributed by atoms with van der Waals surface area (Å²) in [5, 5.41) is 3.29. The Hall–Kier alpha value is -1.40. The van der Waals surface area contributed by atoms with Crippen molar-refractivity contribution < 1.29 is 19.3 Å². The van der Waals surface area contributed by atoms with Crippen LogP contribution in [-0.4, -0.2) is 48.2 Å². The number of carbonyl (C=O) groups is 2. The Labute approximate surface area is 119 Å². The van der Waals surface area contributed by atoms with E-state index >= 15 is 0 Å². The number of hydrogen-bond acceptors (Lipinski definition) is 6. The summed E-state index contributed by atoms with van der Waals surface area (Å²) in [6, 6.07) is 0. The lowest BCUT2D eigenvalue weighted by molar-refractivity contribution is -0.190. The van der Waals surface area contributed by atoms with Crippen molar-refractivity contribution in [2.24, 2.45) is 0 Å². The van der Waals surface area contributed by atoms with Gasteiger partial charge in [0.25, 0.3) is 0 Å². The summed E-state index contributed by atoms with van der Waals surface area (Å²) in [6.45, 7) is 3.05. The third kappa shape index (κ3) is 5.30. The van der Waals surface area contributed by atoms with Crippen molar-refractivity contribution in [1.29, 1.82) is 0 Å². The highest BCUT2D eigenvalue weighted by atomic mass is 16.7. The van der Waals surface area contributed by atoms with Gasteiger partial charge in [-0.2, -0.15) is 0 Å². The molecule has 0 radical (unpaired) electrons. The van der Waals surface area contributed by atoms with Gasteiger partial charge in [0, 0.05) is 38.3 Å². The van der Waals surface area contributed by atoms with Gasteiger partial charge in [0.2, 0.25) is 0 Å². The van der Waals surface area contributed by atoms with Crippen LogP contribution in [0, 0.1) is 0 Å². The van der Waals surface area contributed by atoms with E-state index < -0.39 is 11.9 Å². The molecule has 6 heteroatoms. The summed E-state index contributed by atoms with van der Waals surface area (Å²) in [4.78, 5) is 33.3. The Morgan fingerprint density at radius 3 is 1.35 bits per heavy atom. The quantitative estimate of drug-likeness (QED) is 0.727. The highest BCUT2D eigenvalue weighted by Gasteiger charge is 2.15. The molecule has 2 aliphatic heterocycles. The van der Waals surface area contributed by atoms with Gasteiger partial charge >= 0.3 is 11.9 Å². The molecule has 0 N–H and O–H groups in total. The predicted octanol–water partition coefficient (Wildman–Crippen LogP) is 1.43. The lowest BCUT2D eigenvalue weighted by Crippen LogP contribution is -2.32. The largest absolute Gasteiger partial charge is 0.364 e. The zero-order chi connectivity index (χ0) is 14.2. The number of rotatable bonds is 4. The van der Waals surface area contributed by atoms with Crippen molar-refractivity contribution in [1.82, 2.24) is 10.1 Å². The maximum absolute atomic E-state index is 11.5. The van der Waals surface area contributed by atoms with Gasteiger partial charge in [0.05, 0.1) is 0 Å². The fourth-order valence-corrected chi connectivity index (χ4v) is 2.36. The first-order valence-electron chi connectivity index (χ1n) is 7.36. The van der Waals surface area contributed by atoms with E-state index in [0.717, 1.165) is 64.0 Å². The number of hydrogen-bond donors (Lipinski definition) is 0. The van der Waals surface area contributed by atoms with Crippen molar-refractivity contribution in [2.45, 2.75) is 38.5 Å². The first-order chi connectivity index (χ1) is 9.74. The highest BCUT2D eigenvalue weighted by molar-refractivity contribution is 5.91. The smallest absolute Gasteiger partial charge is 0.349 e. The van der Waals surface area contributed by atoms with Gasteiger partial charge < -0.3 is 9.68 Å². The van der Waals surface area contributed by atoms with Gasteiger partial charge in [-0.05, 0) is 25.7 Å². The Bertz CT molecular complexity index is 324. The Balaban J connectivity index is 1.67. The summed E-state index contributed by atoms with van der Waals surface area (Å²) in [7, 11) is 0. The molecule has 2 fully saturated rings. The molecular formula is C14H22N2O4. The second kappa shape index (κ2) is 8.01. The zero-order valence-electron chi connectivity index (χ0n) is 11.8. The minimum atomic E-state index is -0.525. The maximum Gasteiger partial charge on any atom is 0.349 e. The van der Waals surface area contributed by atoms with E-state index in [1.54, 1.807) is 10.1 Å². The first kappa shape index (κ1) is 15.0. The molecule has 0 saturated carbocycles. The van der Waals surface area contributed by atoms with Crippen LogP contribution in [-0.2, 0) is 19.3 Å². The second-order valence-electron chi connectivity index (χ2n) is 5.13. The van der Waals surface area contributed by atoms with Gasteiger partial charge in [-0.25, -0.2) is 9.59 Å². The third-order valence-corrected chi connectivity index (χ3v) is 3.42. The highest BCUT2D eigenvalue weighted by Crippen LogP contribution is 2.10. The fraction of sp³-hybridized carbons (Fsp3) is 0.714. The molecule has 0 aliphatic carbocycles. The summed E-state index contributed by atoms with van der Waals surface area (Å²) in [5.74, 6) is -1.05. The van der Waals surface area contributed by atoms with Gasteiger partial charge in [0.1, 0.15) is 0 Å². The summed E-state index contributed by atoms with van der Waals surface area (Å²) >= 11 is 0. The van der Waals surface area contributed by atoms with Gasteiger partial charge in [-0.15, -0.1) is 10.1 Å². The maximum atomic E-state index is 11.5. The van der Waals surface area contributed by atoms with Crippen molar-refractivity contribution in [3.8, 4) is 0 Å². The Morgan fingerprint density at radius 2 is 1.00 bits per heavy atom. The lowest BCUT2D eigenvalue weighted by atomic mass is 10.2. The normalized spacial score (nSPS) is 21.8. The molecule has 2 aliphatic rings. The molecular weight excluding hydrogens is 260 g/mol. The molecule has 112 valence electrons. The predicted molar refractivity (Wildman–Crippen MR) is 72.2 cm³/mol. The van der Waals surface area contributed by atoms with E-state index in [2.05, 4.69) is 0 Å². The van der Waals surface area contributed by atoms with Crippen LogP contribution in [0.15, 0.2) is 12.2 Å². The monoisotopic (exact) mass is 282 g/mol. The number of nitrogens with zero attached hydrogens (tertiary/aromatic N) is 2. The zero-order valence-corrected chi connectivity index (χ0v) is 11.8. The standard InChI is InChI=1S/C14H22N2O4/c17-13(19-15-9-3-1-4-10-15)7-8-14(18)20-16-11-5-2-6-12-16/h7-8H,1-6,9-12H2/b8-7+. The molecule has 0 aromatic rings. The average molecular weight is 282 g/mol. The van der Waals surface area contributed by atoms with Crippen molar-refractivity contribution >= 4 is 11.9 Å². The van der Waals surface area contributed by atoms with E-state index in [9.17, 15) is 9.59 Å². The first-order valence-corrected chi connectivity index (χ1v) is 7.36. The van der Waals surface area contributed by atoms with E-state index in [4.69, 9.17) is 9.68 Å². The second-order valence-corrected chi connectivity index (χ2v) is 5.13. The molecule has 2 saturated heterocycles.